The average Bonchev–Trinajstić information content (AvgIpc) is 3.02. The maximum Gasteiger partial charge on any atom is 0.193 e. The smallest absolute Gasteiger partial charge is 0.193 e. The van der Waals surface area contributed by atoms with Crippen LogP contribution in [0.4, 0.5) is 0 Å². The Kier molecular flexibility index (Phi) is 16.8. The molecule has 144 valence electrons. The molecule has 1 fully saturated rings. The Labute approximate surface area is 160 Å². The lowest BCUT2D eigenvalue weighted by atomic mass is 10.2. The van der Waals surface area contributed by atoms with Gasteiger partial charge in [-0.2, -0.15) is 0 Å². The summed E-state index contributed by atoms with van der Waals surface area (Å²) < 4.78 is 5.33. The second-order valence-corrected chi connectivity index (χ2v) is 6.97. The fraction of sp³-hybridized carbons (Fsp3) is 0.591. The number of carbonyl (C=O) groups is 1. The maximum absolute atomic E-state index is 10.7. The summed E-state index contributed by atoms with van der Waals surface area (Å²) in [7, 11) is 0. The number of halogens is 1. The zero-order valence-corrected chi connectivity index (χ0v) is 18.0. The maximum atomic E-state index is 10.7. The van der Waals surface area contributed by atoms with E-state index in [4.69, 9.17) is 16.3 Å². The summed E-state index contributed by atoms with van der Waals surface area (Å²) >= 11 is 5.64. The third kappa shape index (κ3) is 17.3. The van der Waals surface area contributed by atoms with E-state index < -0.39 is 0 Å². The number of aryl methyl sites for hydroxylation is 1. The van der Waals surface area contributed by atoms with Crippen molar-refractivity contribution in [2.45, 2.75) is 80.3 Å². The van der Waals surface area contributed by atoms with Crippen molar-refractivity contribution in [3.63, 3.8) is 0 Å². The number of ketones is 1. The average molecular weight is 369 g/mol. The highest BCUT2D eigenvalue weighted by atomic mass is 35.5. The van der Waals surface area contributed by atoms with Crippen LogP contribution < -0.4 is 0 Å². The van der Waals surface area contributed by atoms with Crippen molar-refractivity contribution in [3.05, 3.63) is 47.2 Å². The van der Waals surface area contributed by atoms with Crippen LogP contribution in [0, 0.1) is 12.8 Å². The summed E-state index contributed by atoms with van der Waals surface area (Å²) in [6, 6.07) is 7.76. The topological polar surface area (TPSA) is 26.3 Å². The molecule has 1 aliphatic rings. The second-order valence-electron chi connectivity index (χ2n) is 6.53. The SMILES string of the molecule is C=C(OC1CCCC1)C(C)=O.CC.CC(C)C.Cc1cccc(Cl)c1. The van der Waals surface area contributed by atoms with E-state index in [2.05, 4.69) is 27.4 Å². The number of rotatable bonds is 3. The number of Topliss-reactive ketones (excluding diaryl/α,β-unsaturated/α-hetero) is 1. The highest BCUT2D eigenvalue weighted by molar-refractivity contribution is 6.30. The lowest BCUT2D eigenvalue weighted by molar-refractivity contribution is -0.117. The number of ether oxygens (including phenoxy) is 1. The summed E-state index contributed by atoms with van der Waals surface area (Å²) in [5, 5.41) is 0.810. The van der Waals surface area contributed by atoms with Gasteiger partial charge in [0.1, 0.15) is 0 Å². The molecule has 0 spiro atoms. The Morgan fingerprint density at radius 1 is 1.20 bits per heavy atom. The fourth-order valence-corrected chi connectivity index (χ4v) is 2.14. The Morgan fingerprint density at radius 2 is 1.68 bits per heavy atom. The van der Waals surface area contributed by atoms with Crippen LogP contribution in [0.5, 0.6) is 0 Å². The summed E-state index contributed by atoms with van der Waals surface area (Å²) in [6.45, 7) is 17.5. The van der Waals surface area contributed by atoms with E-state index in [-0.39, 0.29) is 11.9 Å². The van der Waals surface area contributed by atoms with Crippen LogP contribution in [0.2, 0.25) is 5.02 Å². The van der Waals surface area contributed by atoms with Gasteiger partial charge in [0, 0.05) is 11.9 Å². The minimum absolute atomic E-state index is 0.0584. The molecule has 1 saturated carbocycles. The molecule has 2 rings (SSSR count). The number of allylic oxidation sites excluding steroid dienone is 1. The van der Waals surface area contributed by atoms with Gasteiger partial charge in [-0.25, -0.2) is 0 Å². The van der Waals surface area contributed by atoms with Crippen molar-refractivity contribution in [2.75, 3.05) is 0 Å². The first kappa shape index (κ1) is 26.0. The van der Waals surface area contributed by atoms with Crippen molar-refractivity contribution in [1.29, 1.82) is 0 Å². The van der Waals surface area contributed by atoms with Gasteiger partial charge in [-0.1, -0.05) is 64.9 Å². The molecule has 0 aliphatic heterocycles. The van der Waals surface area contributed by atoms with E-state index in [1.54, 1.807) is 0 Å². The minimum Gasteiger partial charge on any atom is -0.487 e. The largest absolute Gasteiger partial charge is 0.487 e. The highest BCUT2D eigenvalue weighted by Crippen LogP contribution is 2.22. The molecule has 1 aromatic carbocycles. The minimum atomic E-state index is -0.0584. The molecule has 3 heteroatoms. The molecule has 0 bridgehead atoms. The molecule has 2 nitrogen and oxygen atoms in total. The summed E-state index contributed by atoms with van der Waals surface area (Å²) in [5.41, 5.74) is 1.21. The first-order valence-corrected chi connectivity index (χ1v) is 9.68. The van der Waals surface area contributed by atoms with E-state index in [9.17, 15) is 4.79 Å². The first-order valence-electron chi connectivity index (χ1n) is 9.31. The van der Waals surface area contributed by atoms with Crippen LogP contribution >= 0.6 is 11.6 Å². The first-order chi connectivity index (χ1) is 11.7. The van der Waals surface area contributed by atoms with Gasteiger partial charge in [0.15, 0.2) is 11.5 Å². The zero-order valence-electron chi connectivity index (χ0n) is 17.2. The van der Waals surface area contributed by atoms with Crippen LogP contribution in [-0.2, 0) is 9.53 Å². The highest BCUT2D eigenvalue weighted by Gasteiger charge is 2.17. The van der Waals surface area contributed by atoms with Crippen molar-refractivity contribution >= 4 is 17.4 Å². The third-order valence-corrected chi connectivity index (χ3v) is 3.22. The standard InChI is InChI=1S/C9H14O2.C7H7Cl.C4H10.C2H6/c1-7(10)8(2)11-9-5-3-4-6-9;1-6-3-2-4-7(8)5-6;1-4(2)3;1-2/h9H,2-6H2,1H3;2-5H,1H3;4H,1-3H3;1-2H3. The molecule has 25 heavy (non-hydrogen) atoms. The van der Waals surface area contributed by atoms with Gasteiger partial charge in [0.2, 0.25) is 0 Å². The molecule has 0 N–H and O–H groups in total. The molecule has 0 radical (unpaired) electrons. The van der Waals surface area contributed by atoms with E-state index in [1.807, 2.05) is 45.0 Å². The van der Waals surface area contributed by atoms with Crippen LogP contribution in [0.1, 0.15) is 72.8 Å². The molecule has 0 unspecified atom stereocenters. The van der Waals surface area contributed by atoms with Gasteiger partial charge in [0.05, 0.1) is 6.10 Å². The predicted molar refractivity (Wildman–Crippen MR) is 111 cm³/mol. The molecule has 1 aliphatic carbocycles. The molecular weight excluding hydrogens is 332 g/mol. The van der Waals surface area contributed by atoms with E-state index >= 15 is 0 Å². The van der Waals surface area contributed by atoms with Crippen LogP contribution in [0.25, 0.3) is 0 Å². The third-order valence-electron chi connectivity index (χ3n) is 2.98. The predicted octanol–water partition coefficient (Wildman–Crippen LogP) is 7.39. The van der Waals surface area contributed by atoms with Crippen molar-refractivity contribution in [1.82, 2.24) is 0 Å². The van der Waals surface area contributed by atoms with Gasteiger partial charge >= 0.3 is 0 Å². The number of carbonyl (C=O) groups excluding carboxylic acids is 1. The van der Waals surface area contributed by atoms with Gasteiger partial charge < -0.3 is 4.74 Å². The van der Waals surface area contributed by atoms with Crippen LogP contribution in [-0.4, -0.2) is 11.9 Å². The van der Waals surface area contributed by atoms with Crippen molar-refractivity contribution in [3.8, 4) is 0 Å². The summed E-state index contributed by atoms with van der Waals surface area (Å²) in [5.74, 6) is 1.09. The fourth-order valence-electron chi connectivity index (χ4n) is 1.90. The van der Waals surface area contributed by atoms with E-state index in [0.29, 0.717) is 5.76 Å². The van der Waals surface area contributed by atoms with Gasteiger partial charge in [-0.05, 0) is 56.2 Å². The van der Waals surface area contributed by atoms with Crippen molar-refractivity contribution < 1.29 is 9.53 Å². The van der Waals surface area contributed by atoms with Gasteiger partial charge in [0.25, 0.3) is 0 Å². The monoisotopic (exact) mass is 368 g/mol. The van der Waals surface area contributed by atoms with Gasteiger partial charge in [-0.15, -0.1) is 0 Å². The normalized spacial score (nSPS) is 12.7. The molecule has 0 saturated heterocycles. The summed E-state index contributed by atoms with van der Waals surface area (Å²) in [4.78, 5) is 10.7. The van der Waals surface area contributed by atoms with Crippen LogP contribution in [0.3, 0.4) is 0 Å². The Hall–Kier alpha value is -1.28. The lowest BCUT2D eigenvalue weighted by Crippen LogP contribution is -2.10. The Balaban J connectivity index is 0. The van der Waals surface area contributed by atoms with Crippen LogP contribution in [0.15, 0.2) is 36.6 Å². The van der Waals surface area contributed by atoms with Crippen molar-refractivity contribution in [2.24, 2.45) is 5.92 Å². The van der Waals surface area contributed by atoms with Gasteiger partial charge in [-0.3, -0.25) is 4.79 Å². The Morgan fingerprint density at radius 3 is 2.00 bits per heavy atom. The summed E-state index contributed by atoms with van der Waals surface area (Å²) in [6.07, 6.45) is 4.84. The lowest BCUT2D eigenvalue weighted by Gasteiger charge is -2.12. The molecule has 1 aromatic rings. The number of benzene rings is 1. The second kappa shape index (κ2) is 16.2. The molecule has 0 amide bonds. The number of hydrogen-bond acceptors (Lipinski definition) is 2. The quantitative estimate of drug-likeness (QED) is 0.410. The Bertz CT molecular complexity index is 455. The number of hydrogen-bond donors (Lipinski definition) is 0. The molecule has 0 atom stereocenters. The zero-order chi connectivity index (χ0) is 19.8. The molecule has 0 heterocycles. The van der Waals surface area contributed by atoms with E-state index in [0.717, 1.165) is 23.8 Å². The van der Waals surface area contributed by atoms with E-state index in [1.165, 1.54) is 25.3 Å². The molecule has 0 aromatic heterocycles. The molecular formula is C22H37ClO2.